The van der Waals surface area contributed by atoms with Crippen LogP contribution in [0.3, 0.4) is 0 Å². The molecule has 4 aromatic rings. The van der Waals surface area contributed by atoms with Crippen molar-refractivity contribution >= 4 is 28.2 Å². The number of piperidine rings is 1. The summed E-state index contributed by atoms with van der Waals surface area (Å²) < 4.78 is 56.3. The topological polar surface area (TPSA) is 109 Å². The molecule has 2 fully saturated rings. The second kappa shape index (κ2) is 9.36. The highest BCUT2D eigenvalue weighted by Gasteiger charge is 2.32. The zero-order valence-corrected chi connectivity index (χ0v) is 20.3. The van der Waals surface area contributed by atoms with Gasteiger partial charge in [0.1, 0.15) is 5.69 Å². The molecule has 0 unspecified atom stereocenters. The van der Waals surface area contributed by atoms with Crippen LogP contribution in [0.15, 0.2) is 18.3 Å². The Hall–Kier alpha value is -3.61. The predicted octanol–water partition coefficient (Wildman–Crippen LogP) is 3.88. The SMILES string of the molecule is COc1cc2nc(N)n3nc([C@@H]4CCCN(c5cnn(C6CCOCC6)c5C(F)F)C4)nc3c2cc1F. The first-order valence-electron chi connectivity index (χ1n) is 12.3. The predicted molar refractivity (Wildman–Crippen MR) is 130 cm³/mol. The summed E-state index contributed by atoms with van der Waals surface area (Å²) in [6.07, 6.45) is 1.75. The van der Waals surface area contributed by atoms with Crippen LogP contribution in [0.4, 0.5) is 24.8 Å². The van der Waals surface area contributed by atoms with Crippen LogP contribution >= 0.6 is 0 Å². The summed E-state index contributed by atoms with van der Waals surface area (Å²) in [5, 5.41) is 9.40. The van der Waals surface area contributed by atoms with Crippen molar-refractivity contribution in [3.63, 3.8) is 0 Å². The van der Waals surface area contributed by atoms with Gasteiger partial charge >= 0.3 is 0 Å². The number of anilines is 2. The minimum absolute atomic E-state index is 0.0561. The molecule has 0 saturated carbocycles. The third kappa shape index (κ3) is 4.10. The van der Waals surface area contributed by atoms with E-state index in [-0.39, 0.29) is 29.4 Å². The number of nitrogens with zero attached hydrogens (tertiary/aromatic N) is 7. The molecule has 5 heterocycles. The van der Waals surface area contributed by atoms with E-state index in [1.54, 1.807) is 6.20 Å². The van der Waals surface area contributed by atoms with Gasteiger partial charge in [0.2, 0.25) is 5.95 Å². The fourth-order valence-electron chi connectivity index (χ4n) is 5.42. The molecule has 6 rings (SSSR count). The molecule has 2 N–H and O–H groups in total. The van der Waals surface area contributed by atoms with E-state index < -0.39 is 12.2 Å². The molecule has 0 spiro atoms. The molecule has 10 nitrogen and oxygen atoms in total. The van der Waals surface area contributed by atoms with Crippen LogP contribution in [0.2, 0.25) is 0 Å². The van der Waals surface area contributed by atoms with Crippen molar-refractivity contribution in [1.29, 1.82) is 0 Å². The Labute approximate surface area is 210 Å². The average molecular weight is 517 g/mol. The minimum Gasteiger partial charge on any atom is -0.494 e. The fourth-order valence-corrected chi connectivity index (χ4v) is 5.42. The number of ether oxygens (including phenoxy) is 2. The highest BCUT2D eigenvalue weighted by Crippen LogP contribution is 2.38. The van der Waals surface area contributed by atoms with Crippen molar-refractivity contribution < 1.29 is 22.6 Å². The molecular formula is C24H27F3N8O2. The molecule has 37 heavy (non-hydrogen) atoms. The highest BCUT2D eigenvalue weighted by molar-refractivity contribution is 5.93. The molecule has 0 amide bonds. The normalized spacial score (nSPS) is 19.4. The summed E-state index contributed by atoms with van der Waals surface area (Å²) in [4.78, 5) is 11.0. The van der Waals surface area contributed by atoms with Crippen molar-refractivity contribution in [3.8, 4) is 5.75 Å². The summed E-state index contributed by atoms with van der Waals surface area (Å²) in [5.41, 5.74) is 7.35. The van der Waals surface area contributed by atoms with E-state index in [9.17, 15) is 13.2 Å². The fraction of sp³-hybridized carbons (Fsp3) is 0.500. The monoisotopic (exact) mass is 516 g/mol. The van der Waals surface area contributed by atoms with Crippen LogP contribution in [0, 0.1) is 5.82 Å². The van der Waals surface area contributed by atoms with Crippen molar-refractivity contribution in [1.82, 2.24) is 29.4 Å². The van der Waals surface area contributed by atoms with E-state index in [0.29, 0.717) is 67.2 Å². The van der Waals surface area contributed by atoms with E-state index >= 15 is 0 Å². The van der Waals surface area contributed by atoms with E-state index in [2.05, 4.69) is 15.2 Å². The number of hydrogen-bond acceptors (Lipinski definition) is 8. The van der Waals surface area contributed by atoms with Gasteiger partial charge in [-0.3, -0.25) is 4.68 Å². The lowest BCUT2D eigenvalue weighted by Crippen LogP contribution is -2.35. The van der Waals surface area contributed by atoms with E-state index in [4.69, 9.17) is 20.2 Å². The number of aromatic nitrogens is 6. The molecule has 1 aromatic carbocycles. The summed E-state index contributed by atoms with van der Waals surface area (Å²) in [6.45, 7) is 2.15. The Morgan fingerprint density at radius 1 is 1.16 bits per heavy atom. The van der Waals surface area contributed by atoms with Crippen LogP contribution in [0.5, 0.6) is 5.75 Å². The molecule has 13 heteroatoms. The third-order valence-corrected chi connectivity index (χ3v) is 7.27. The number of rotatable bonds is 5. The quantitative estimate of drug-likeness (QED) is 0.426. The second-order valence-electron chi connectivity index (χ2n) is 9.47. The van der Waals surface area contributed by atoms with Crippen LogP contribution in [-0.2, 0) is 4.74 Å². The highest BCUT2D eigenvalue weighted by atomic mass is 19.3. The van der Waals surface area contributed by atoms with Gasteiger partial charge in [-0.25, -0.2) is 23.1 Å². The van der Waals surface area contributed by atoms with Gasteiger partial charge < -0.3 is 20.1 Å². The van der Waals surface area contributed by atoms with Crippen molar-refractivity contribution in [2.75, 3.05) is 44.0 Å². The summed E-state index contributed by atoms with van der Waals surface area (Å²) >= 11 is 0. The largest absolute Gasteiger partial charge is 0.494 e. The lowest BCUT2D eigenvalue weighted by Gasteiger charge is -2.33. The minimum atomic E-state index is -2.65. The van der Waals surface area contributed by atoms with Gasteiger partial charge in [-0.2, -0.15) is 9.61 Å². The Balaban J connectivity index is 1.34. The number of alkyl halides is 2. The van der Waals surface area contributed by atoms with Crippen molar-refractivity contribution in [2.24, 2.45) is 0 Å². The van der Waals surface area contributed by atoms with Crippen LogP contribution in [-0.4, -0.2) is 62.8 Å². The molecule has 0 bridgehead atoms. The van der Waals surface area contributed by atoms with Crippen LogP contribution in [0.25, 0.3) is 16.6 Å². The first-order valence-corrected chi connectivity index (χ1v) is 12.3. The van der Waals surface area contributed by atoms with Gasteiger partial charge in [0, 0.05) is 43.7 Å². The molecule has 2 aliphatic heterocycles. The van der Waals surface area contributed by atoms with Gasteiger partial charge in [-0.15, -0.1) is 5.10 Å². The van der Waals surface area contributed by atoms with Crippen LogP contribution in [0.1, 0.15) is 55.6 Å². The Morgan fingerprint density at radius 3 is 2.73 bits per heavy atom. The number of methoxy groups -OCH3 is 1. The van der Waals surface area contributed by atoms with Gasteiger partial charge in [-0.05, 0) is 31.7 Å². The first kappa shape index (κ1) is 23.8. The Morgan fingerprint density at radius 2 is 1.97 bits per heavy atom. The number of halogens is 3. The third-order valence-electron chi connectivity index (χ3n) is 7.27. The van der Waals surface area contributed by atoms with Crippen molar-refractivity contribution in [2.45, 2.75) is 44.1 Å². The van der Waals surface area contributed by atoms with Crippen molar-refractivity contribution in [3.05, 3.63) is 35.7 Å². The maximum atomic E-state index is 14.5. The van der Waals surface area contributed by atoms with Gasteiger partial charge in [0.25, 0.3) is 6.43 Å². The summed E-state index contributed by atoms with van der Waals surface area (Å²) in [7, 11) is 1.38. The lowest BCUT2D eigenvalue weighted by atomic mass is 9.97. The van der Waals surface area contributed by atoms with E-state index in [0.717, 1.165) is 12.8 Å². The summed E-state index contributed by atoms with van der Waals surface area (Å²) in [5.74, 6) is 0.00118. The zero-order valence-electron chi connectivity index (χ0n) is 20.3. The Kier molecular flexibility index (Phi) is 6.01. The first-order chi connectivity index (χ1) is 17.9. The number of hydrogen-bond donors (Lipinski definition) is 1. The molecular weight excluding hydrogens is 489 g/mol. The molecule has 2 saturated heterocycles. The standard InChI is InChI=1S/C24H27F3N8O2/c1-36-19-10-17-15(9-16(19)25)23-31-22(32-35(23)24(28)30-17)13-3-2-6-33(12-13)18-11-29-34(20(18)21(26)27)14-4-7-37-8-5-14/h9-11,13-14,21H,2-8,12H2,1H3,(H2,28,30)/t13-/m1/s1. The maximum Gasteiger partial charge on any atom is 0.282 e. The second-order valence-corrected chi connectivity index (χ2v) is 9.47. The van der Waals surface area contributed by atoms with Gasteiger partial charge in [0.15, 0.2) is 23.0 Å². The van der Waals surface area contributed by atoms with Crippen LogP contribution < -0.4 is 15.4 Å². The number of nitrogens with two attached hydrogens (primary N) is 1. The van der Waals surface area contributed by atoms with Gasteiger partial charge in [0.05, 0.1) is 30.6 Å². The number of fused-ring (bicyclic) bond motifs is 3. The Bertz CT molecular complexity index is 1450. The van der Waals surface area contributed by atoms with Gasteiger partial charge in [-0.1, -0.05) is 0 Å². The van der Waals surface area contributed by atoms with E-state index in [1.165, 1.54) is 28.4 Å². The molecule has 0 radical (unpaired) electrons. The number of nitrogen functional groups attached to an aromatic ring is 1. The molecule has 0 aliphatic carbocycles. The molecule has 3 aromatic heterocycles. The molecule has 196 valence electrons. The maximum absolute atomic E-state index is 14.5. The number of benzene rings is 1. The molecule has 1 atom stereocenters. The zero-order chi connectivity index (χ0) is 25.7. The molecule has 2 aliphatic rings. The van der Waals surface area contributed by atoms with E-state index in [1.807, 2.05) is 4.90 Å². The average Bonchev–Trinajstić information content (AvgIpc) is 3.56. The lowest BCUT2D eigenvalue weighted by molar-refractivity contribution is 0.0595. The smallest absolute Gasteiger partial charge is 0.282 e. The summed E-state index contributed by atoms with van der Waals surface area (Å²) in [6, 6.07) is 2.68.